The average Bonchev–Trinajstić information content (AvgIpc) is 2.81. The molecule has 1 fully saturated rings. The highest BCUT2D eigenvalue weighted by Crippen LogP contribution is 2.27. The number of aldehydes is 1. The number of phenols is 1. The summed E-state index contributed by atoms with van der Waals surface area (Å²) >= 11 is 0. The maximum atomic E-state index is 14.1. The van der Waals surface area contributed by atoms with Crippen molar-refractivity contribution < 1.29 is 33.3 Å². The second-order valence-electron chi connectivity index (χ2n) is 7.85. The molecular formula is C25H29FO6. The van der Waals surface area contributed by atoms with E-state index in [0.717, 1.165) is 75.9 Å². The molecule has 2 aromatic carbocycles. The molecule has 0 bridgehead atoms. The van der Waals surface area contributed by atoms with Gasteiger partial charge in [-0.3, -0.25) is 4.79 Å². The number of rotatable bonds is 11. The third-order valence-corrected chi connectivity index (χ3v) is 5.43. The summed E-state index contributed by atoms with van der Waals surface area (Å²) in [5.74, 6) is -2.72. The fourth-order valence-electron chi connectivity index (χ4n) is 3.56. The average molecular weight is 444 g/mol. The van der Waals surface area contributed by atoms with E-state index in [2.05, 4.69) is 0 Å². The highest BCUT2D eigenvalue weighted by Gasteiger charge is 2.17. The zero-order valence-electron chi connectivity index (χ0n) is 18.1. The van der Waals surface area contributed by atoms with E-state index in [4.69, 9.17) is 14.2 Å². The maximum absolute atomic E-state index is 14.1. The van der Waals surface area contributed by atoms with Crippen LogP contribution in [0.2, 0.25) is 0 Å². The number of carbonyl (C=O) groups excluding carboxylic acids is 2. The molecule has 1 atom stereocenters. The van der Waals surface area contributed by atoms with Gasteiger partial charge in [-0.25, -0.2) is 9.18 Å². The van der Waals surface area contributed by atoms with E-state index >= 15 is 0 Å². The maximum Gasteiger partial charge on any atom is 0.343 e. The highest BCUT2D eigenvalue weighted by atomic mass is 19.1. The number of halogens is 1. The number of unbranched alkanes of at least 4 members (excludes halogenated alkanes) is 3. The van der Waals surface area contributed by atoms with E-state index < -0.39 is 28.8 Å². The van der Waals surface area contributed by atoms with Crippen LogP contribution in [0.15, 0.2) is 36.4 Å². The number of hydrogen-bond acceptors (Lipinski definition) is 6. The molecule has 0 aliphatic carbocycles. The fraction of sp³-hybridized carbons (Fsp3) is 0.440. The van der Waals surface area contributed by atoms with Gasteiger partial charge in [-0.05, 0) is 68.4 Å². The van der Waals surface area contributed by atoms with Crippen molar-refractivity contribution in [2.24, 2.45) is 0 Å². The molecule has 0 aromatic heterocycles. The largest absolute Gasteiger partial charge is 0.507 e. The van der Waals surface area contributed by atoms with Crippen molar-refractivity contribution >= 4 is 12.3 Å². The first-order valence-corrected chi connectivity index (χ1v) is 11.1. The van der Waals surface area contributed by atoms with Gasteiger partial charge in [-0.15, -0.1) is 0 Å². The Balaban J connectivity index is 1.37. The molecule has 0 spiro atoms. The van der Waals surface area contributed by atoms with Crippen LogP contribution in [-0.2, 0) is 15.9 Å². The number of aryl methyl sites for hydroxylation is 1. The Labute approximate surface area is 187 Å². The Morgan fingerprint density at radius 2 is 1.88 bits per heavy atom. The van der Waals surface area contributed by atoms with Gasteiger partial charge in [0.15, 0.2) is 24.1 Å². The van der Waals surface area contributed by atoms with E-state index in [1.807, 2.05) is 12.1 Å². The molecule has 1 unspecified atom stereocenters. The number of esters is 1. The van der Waals surface area contributed by atoms with Gasteiger partial charge in [0.25, 0.3) is 0 Å². The molecule has 1 saturated heterocycles. The van der Waals surface area contributed by atoms with E-state index in [1.165, 1.54) is 6.42 Å². The van der Waals surface area contributed by atoms with Crippen LogP contribution in [-0.4, -0.2) is 36.9 Å². The summed E-state index contributed by atoms with van der Waals surface area (Å²) in [6, 6.07) is 9.18. The molecule has 1 N–H and O–H groups in total. The Hall–Kier alpha value is -2.77. The number of phenolic OH excluding ortho intramolecular Hbond substituents is 1. The zero-order chi connectivity index (χ0) is 22.8. The van der Waals surface area contributed by atoms with Crippen molar-refractivity contribution in [1.29, 1.82) is 0 Å². The zero-order valence-corrected chi connectivity index (χ0v) is 18.1. The topological polar surface area (TPSA) is 82.1 Å². The Kier molecular flexibility index (Phi) is 9.19. The lowest BCUT2D eigenvalue weighted by Crippen LogP contribution is -2.22. The van der Waals surface area contributed by atoms with Crippen molar-refractivity contribution in [2.75, 3.05) is 13.2 Å². The van der Waals surface area contributed by atoms with Crippen LogP contribution in [0.1, 0.15) is 71.2 Å². The summed E-state index contributed by atoms with van der Waals surface area (Å²) in [4.78, 5) is 23.1. The molecule has 1 aliphatic heterocycles. The van der Waals surface area contributed by atoms with Crippen molar-refractivity contribution in [1.82, 2.24) is 0 Å². The third kappa shape index (κ3) is 6.87. The number of benzene rings is 2. The standard InChI is InChI=1S/C25H29FO6/c26-24-20(17-27)21(28)13-14-22(24)32-25(29)19-11-9-18(10-12-19)7-3-1-2-5-15-30-23-8-4-6-16-31-23/h9-14,17,23,28H,1-8,15-16H2. The highest BCUT2D eigenvalue weighted by molar-refractivity contribution is 5.91. The van der Waals surface area contributed by atoms with E-state index in [1.54, 1.807) is 12.1 Å². The predicted molar refractivity (Wildman–Crippen MR) is 117 cm³/mol. The lowest BCUT2D eigenvalue weighted by molar-refractivity contribution is -0.162. The number of hydrogen-bond donors (Lipinski definition) is 1. The number of ether oxygens (including phenoxy) is 3. The summed E-state index contributed by atoms with van der Waals surface area (Å²) in [5, 5.41) is 9.46. The molecule has 2 aromatic rings. The van der Waals surface area contributed by atoms with Gasteiger partial charge in [0, 0.05) is 13.2 Å². The third-order valence-electron chi connectivity index (χ3n) is 5.43. The van der Waals surface area contributed by atoms with Gasteiger partial charge in [0.05, 0.1) is 11.1 Å². The molecule has 172 valence electrons. The van der Waals surface area contributed by atoms with Crippen LogP contribution in [0.5, 0.6) is 11.5 Å². The molecule has 1 aliphatic rings. The molecule has 1 heterocycles. The van der Waals surface area contributed by atoms with Gasteiger partial charge in [-0.2, -0.15) is 0 Å². The van der Waals surface area contributed by atoms with Crippen molar-refractivity contribution in [3.05, 3.63) is 58.9 Å². The minimum absolute atomic E-state index is 0.0217. The first kappa shape index (κ1) is 23.9. The quantitative estimate of drug-likeness (QED) is 0.222. The minimum Gasteiger partial charge on any atom is -0.507 e. The molecule has 32 heavy (non-hydrogen) atoms. The molecular weight excluding hydrogens is 415 g/mol. The fourth-order valence-corrected chi connectivity index (χ4v) is 3.56. The summed E-state index contributed by atoms with van der Waals surface area (Å²) in [5.41, 5.74) is 0.836. The second kappa shape index (κ2) is 12.3. The minimum atomic E-state index is -1.07. The summed E-state index contributed by atoms with van der Waals surface area (Å²) < 4.78 is 30.5. The summed E-state index contributed by atoms with van der Waals surface area (Å²) in [6.07, 6.45) is 8.60. The summed E-state index contributed by atoms with van der Waals surface area (Å²) in [6.45, 7) is 1.54. The normalized spacial score (nSPS) is 16.0. The van der Waals surface area contributed by atoms with Crippen LogP contribution in [0.4, 0.5) is 4.39 Å². The van der Waals surface area contributed by atoms with Crippen molar-refractivity contribution in [2.45, 2.75) is 57.7 Å². The molecule has 6 nitrogen and oxygen atoms in total. The van der Waals surface area contributed by atoms with Gasteiger partial charge in [0.1, 0.15) is 5.75 Å². The first-order valence-electron chi connectivity index (χ1n) is 11.1. The van der Waals surface area contributed by atoms with E-state index in [0.29, 0.717) is 0 Å². The van der Waals surface area contributed by atoms with Gasteiger partial charge in [0.2, 0.25) is 0 Å². The van der Waals surface area contributed by atoms with E-state index in [9.17, 15) is 19.1 Å². The SMILES string of the molecule is O=Cc1c(O)ccc(OC(=O)c2ccc(CCCCCCOC3CCCCO3)cc2)c1F. The number of carbonyl (C=O) groups is 2. The monoisotopic (exact) mass is 444 g/mol. The molecule has 0 radical (unpaired) electrons. The predicted octanol–water partition coefficient (Wildman–Crippen LogP) is 5.21. The van der Waals surface area contributed by atoms with Gasteiger partial charge in [-0.1, -0.05) is 25.0 Å². The molecule has 7 heteroatoms. The van der Waals surface area contributed by atoms with Crippen LogP contribution < -0.4 is 4.74 Å². The number of aromatic hydroxyl groups is 1. The van der Waals surface area contributed by atoms with Crippen molar-refractivity contribution in [3.8, 4) is 11.5 Å². The van der Waals surface area contributed by atoms with Crippen LogP contribution >= 0.6 is 0 Å². The van der Waals surface area contributed by atoms with E-state index in [-0.39, 0.29) is 18.1 Å². The smallest absolute Gasteiger partial charge is 0.343 e. The molecule has 0 amide bonds. The van der Waals surface area contributed by atoms with Gasteiger partial charge >= 0.3 is 5.97 Å². The van der Waals surface area contributed by atoms with Crippen LogP contribution in [0, 0.1) is 5.82 Å². The lowest BCUT2D eigenvalue weighted by Gasteiger charge is -2.22. The van der Waals surface area contributed by atoms with Gasteiger partial charge < -0.3 is 19.3 Å². The summed E-state index contributed by atoms with van der Waals surface area (Å²) in [7, 11) is 0. The molecule has 0 saturated carbocycles. The Bertz CT molecular complexity index is 890. The Morgan fingerprint density at radius 1 is 1.09 bits per heavy atom. The van der Waals surface area contributed by atoms with Crippen LogP contribution in [0.3, 0.4) is 0 Å². The second-order valence-corrected chi connectivity index (χ2v) is 7.85. The Morgan fingerprint density at radius 3 is 2.59 bits per heavy atom. The van der Waals surface area contributed by atoms with Crippen LogP contribution in [0.25, 0.3) is 0 Å². The molecule has 3 rings (SSSR count). The lowest BCUT2D eigenvalue weighted by atomic mass is 10.0. The van der Waals surface area contributed by atoms with Crippen molar-refractivity contribution in [3.63, 3.8) is 0 Å². The first-order chi connectivity index (χ1) is 15.6.